The second-order valence-electron chi connectivity index (χ2n) is 11.2. The smallest absolute Gasteiger partial charge is 0.413 e. The lowest BCUT2D eigenvalue weighted by Gasteiger charge is -2.33. The standard InChI is InChI=1S/C30H47NO9/c1-9-22(27(32)40-30(6,7)8)17-24(20(3)4)28(33)38-21(5)39-29(34)31-15-16-36-23(18-31)19-37-26-14-12-11-13-25(26)35-10-2/h11-14,20-24H,9-10,15-19H2,1-8H3/t21?,22?,23?,24-/m0/s1. The van der Waals surface area contributed by atoms with E-state index in [2.05, 4.69) is 0 Å². The summed E-state index contributed by atoms with van der Waals surface area (Å²) >= 11 is 0. The second kappa shape index (κ2) is 15.7. The van der Waals surface area contributed by atoms with E-state index in [1.165, 1.54) is 11.8 Å². The molecule has 0 aromatic heterocycles. The van der Waals surface area contributed by atoms with Crippen LogP contribution in [0.5, 0.6) is 11.5 Å². The first-order valence-electron chi connectivity index (χ1n) is 14.2. The first kappa shape index (κ1) is 33.2. The lowest BCUT2D eigenvalue weighted by Crippen LogP contribution is -2.48. The highest BCUT2D eigenvalue weighted by atomic mass is 16.7. The van der Waals surface area contributed by atoms with Crippen LogP contribution in [-0.2, 0) is 28.5 Å². The SMILES string of the molecule is CCOc1ccccc1OCC1CN(C(=O)OC(C)OC(=O)[C@@H](CC(CC)C(=O)OC(C)(C)C)C(C)C)CCO1. The monoisotopic (exact) mass is 565 g/mol. The maximum absolute atomic E-state index is 13.0. The Labute approximate surface area is 238 Å². The quantitative estimate of drug-likeness (QED) is 0.235. The van der Waals surface area contributed by atoms with E-state index in [1.807, 2.05) is 72.7 Å². The molecule has 4 atom stereocenters. The highest BCUT2D eigenvalue weighted by Crippen LogP contribution is 2.28. The van der Waals surface area contributed by atoms with Gasteiger partial charge in [-0.15, -0.1) is 0 Å². The number of hydrogen-bond acceptors (Lipinski definition) is 9. The molecule has 10 nitrogen and oxygen atoms in total. The normalized spacial score (nSPS) is 17.9. The molecule has 0 aliphatic carbocycles. The fourth-order valence-electron chi connectivity index (χ4n) is 4.27. The van der Waals surface area contributed by atoms with Crippen molar-refractivity contribution in [2.75, 3.05) is 32.9 Å². The fraction of sp³-hybridized carbons (Fsp3) is 0.700. The van der Waals surface area contributed by atoms with Gasteiger partial charge in [0.1, 0.15) is 18.3 Å². The molecular formula is C30H47NO9. The Balaban J connectivity index is 1.89. The number of hydrogen-bond donors (Lipinski definition) is 0. The number of carbonyl (C=O) groups excluding carboxylic acids is 3. The molecule has 1 amide bonds. The number of para-hydroxylation sites is 2. The van der Waals surface area contributed by atoms with Gasteiger partial charge < -0.3 is 33.3 Å². The topological polar surface area (TPSA) is 110 Å². The number of nitrogens with zero attached hydrogens (tertiary/aromatic N) is 1. The van der Waals surface area contributed by atoms with E-state index in [0.29, 0.717) is 44.1 Å². The number of rotatable bonds is 13. The van der Waals surface area contributed by atoms with Gasteiger partial charge in [-0.3, -0.25) is 9.59 Å². The highest BCUT2D eigenvalue weighted by molar-refractivity contribution is 5.76. The number of amides is 1. The van der Waals surface area contributed by atoms with Crippen molar-refractivity contribution in [3.05, 3.63) is 24.3 Å². The Morgan fingerprint density at radius 3 is 2.23 bits per heavy atom. The molecule has 1 aliphatic rings. The summed E-state index contributed by atoms with van der Waals surface area (Å²) in [5, 5.41) is 0. The van der Waals surface area contributed by atoms with Crippen molar-refractivity contribution < 1.29 is 42.8 Å². The summed E-state index contributed by atoms with van der Waals surface area (Å²) in [5.74, 6) is -0.680. The van der Waals surface area contributed by atoms with Crippen LogP contribution < -0.4 is 9.47 Å². The van der Waals surface area contributed by atoms with Crippen molar-refractivity contribution in [3.8, 4) is 11.5 Å². The van der Waals surface area contributed by atoms with Crippen molar-refractivity contribution in [3.63, 3.8) is 0 Å². The third-order valence-corrected chi connectivity index (χ3v) is 6.40. The largest absolute Gasteiger partial charge is 0.490 e. The minimum Gasteiger partial charge on any atom is -0.490 e. The summed E-state index contributed by atoms with van der Waals surface area (Å²) in [6, 6.07) is 7.37. The molecule has 40 heavy (non-hydrogen) atoms. The first-order valence-corrected chi connectivity index (χ1v) is 14.2. The molecule has 0 bridgehead atoms. The summed E-state index contributed by atoms with van der Waals surface area (Å²) in [7, 11) is 0. The average molecular weight is 566 g/mol. The lowest BCUT2D eigenvalue weighted by atomic mass is 9.85. The molecule has 1 aromatic carbocycles. The summed E-state index contributed by atoms with van der Waals surface area (Å²) in [6.07, 6.45) is -1.24. The van der Waals surface area contributed by atoms with E-state index in [4.69, 9.17) is 28.4 Å². The van der Waals surface area contributed by atoms with Crippen LogP contribution in [0.1, 0.15) is 68.2 Å². The number of esters is 2. The van der Waals surface area contributed by atoms with E-state index in [1.54, 1.807) is 0 Å². The molecular weight excluding hydrogens is 518 g/mol. The van der Waals surface area contributed by atoms with Crippen LogP contribution in [0.4, 0.5) is 4.79 Å². The van der Waals surface area contributed by atoms with Gasteiger partial charge in [-0.25, -0.2) is 4.79 Å². The Kier molecular flexibility index (Phi) is 13.0. The van der Waals surface area contributed by atoms with E-state index in [9.17, 15) is 14.4 Å². The molecule has 1 fully saturated rings. The van der Waals surface area contributed by atoms with Crippen LogP contribution in [0.3, 0.4) is 0 Å². The molecule has 1 heterocycles. The van der Waals surface area contributed by atoms with Gasteiger partial charge in [-0.05, 0) is 58.6 Å². The van der Waals surface area contributed by atoms with Gasteiger partial charge in [0.05, 0.1) is 31.6 Å². The maximum Gasteiger partial charge on any atom is 0.413 e. The van der Waals surface area contributed by atoms with Crippen LogP contribution in [0.15, 0.2) is 24.3 Å². The second-order valence-corrected chi connectivity index (χ2v) is 11.2. The van der Waals surface area contributed by atoms with Gasteiger partial charge in [0, 0.05) is 13.5 Å². The molecule has 3 unspecified atom stereocenters. The van der Waals surface area contributed by atoms with Crippen molar-refractivity contribution in [1.82, 2.24) is 4.90 Å². The van der Waals surface area contributed by atoms with Gasteiger partial charge in [0.25, 0.3) is 0 Å². The van der Waals surface area contributed by atoms with Crippen LogP contribution in [0, 0.1) is 17.8 Å². The van der Waals surface area contributed by atoms with Crippen LogP contribution in [0.2, 0.25) is 0 Å². The average Bonchev–Trinajstić information content (AvgIpc) is 2.87. The van der Waals surface area contributed by atoms with Crippen molar-refractivity contribution >= 4 is 18.0 Å². The third-order valence-electron chi connectivity index (χ3n) is 6.40. The van der Waals surface area contributed by atoms with Gasteiger partial charge in [0.15, 0.2) is 11.5 Å². The maximum atomic E-state index is 13.0. The molecule has 0 radical (unpaired) electrons. The van der Waals surface area contributed by atoms with Crippen LogP contribution >= 0.6 is 0 Å². The zero-order chi connectivity index (χ0) is 29.9. The summed E-state index contributed by atoms with van der Waals surface area (Å²) < 4.78 is 33.7. The van der Waals surface area contributed by atoms with Crippen LogP contribution in [0.25, 0.3) is 0 Å². The minimum atomic E-state index is -1.10. The molecule has 0 N–H and O–H groups in total. The van der Waals surface area contributed by atoms with Crippen molar-refractivity contribution in [2.45, 2.75) is 86.2 Å². The summed E-state index contributed by atoms with van der Waals surface area (Å²) in [5.41, 5.74) is -0.611. The fourth-order valence-corrected chi connectivity index (χ4v) is 4.27. The van der Waals surface area contributed by atoms with Gasteiger partial charge in [-0.2, -0.15) is 0 Å². The van der Waals surface area contributed by atoms with Crippen molar-refractivity contribution in [2.24, 2.45) is 17.8 Å². The predicted octanol–water partition coefficient (Wildman–Crippen LogP) is 5.22. The number of carbonyl (C=O) groups is 3. The van der Waals surface area contributed by atoms with E-state index < -0.39 is 35.8 Å². The van der Waals surface area contributed by atoms with Crippen molar-refractivity contribution in [1.29, 1.82) is 0 Å². The Morgan fingerprint density at radius 1 is 1.00 bits per heavy atom. The molecule has 1 aromatic rings. The molecule has 1 aliphatic heterocycles. The molecule has 226 valence electrons. The van der Waals surface area contributed by atoms with Gasteiger partial charge >= 0.3 is 18.0 Å². The molecule has 1 saturated heterocycles. The number of morpholine rings is 1. The summed E-state index contributed by atoms with van der Waals surface area (Å²) in [6.45, 7) is 16.2. The van der Waals surface area contributed by atoms with E-state index in [0.717, 1.165) is 0 Å². The molecule has 10 heteroatoms. The zero-order valence-electron chi connectivity index (χ0n) is 25.3. The van der Waals surface area contributed by atoms with Crippen LogP contribution in [-0.4, -0.2) is 73.8 Å². The highest BCUT2D eigenvalue weighted by Gasteiger charge is 2.34. The number of benzene rings is 1. The molecule has 2 rings (SSSR count). The Bertz CT molecular complexity index is 959. The van der Waals surface area contributed by atoms with Gasteiger partial charge in [0.2, 0.25) is 6.29 Å². The lowest BCUT2D eigenvalue weighted by molar-refractivity contribution is -0.175. The first-order chi connectivity index (χ1) is 18.8. The zero-order valence-corrected chi connectivity index (χ0v) is 25.3. The molecule has 0 saturated carbocycles. The van der Waals surface area contributed by atoms with E-state index >= 15 is 0 Å². The summed E-state index contributed by atoms with van der Waals surface area (Å²) in [4.78, 5) is 40.0. The van der Waals surface area contributed by atoms with Gasteiger partial charge in [-0.1, -0.05) is 32.9 Å². The van der Waals surface area contributed by atoms with E-state index in [-0.39, 0.29) is 31.1 Å². The Hall–Kier alpha value is -3.01. The minimum absolute atomic E-state index is 0.0836. The third kappa shape index (κ3) is 10.9. The predicted molar refractivity (Wildman–Crippen MR) is 149 cm³/mol. The number of ether oxygens (including phenoxy) is 6. The molecule has 0 spiro atoms. The Morgan fingerprint density at radius 2 is 1.65 bits per heavy atom.